The van der Waals surface area contributed by atoms with Crippen molar-refractivity contribution in [1.29, 1.82) is 0 Å². The molecule has 0 spiro atoms. The Morgan fingerprint density at radius 3 is 2.60 bits per heavy atom. The molecule has 0 fully saturated rings. The first-order chi connectivity index (χ1) is 16.6. The maximum atomic E-state index is 13.7. The van der Waals surface area contributed by atoms with Crippen molar-refractivity contribution in [3.63, 3.8) is 0 Å². The molecule has 12 heteroatoms. The number of nitrogens with one attached hydrogen (secondary N) is 2. The Hall–Kier alpha value is -3.80. The van der Waals surface area contributed by atoms with Crippen molar-refractivity contribution in [2.45, 2.75) is 32.0 Å². The summed E-state index contributed by atoms with van der Waals surface area (Å²) < 4.78 is 15.4. The van der Waals surface area contributed by atoms with E-state index in [0.29, 0.717) is 22.2 Å². The van der Waals surface area contributed by atoms with Crippen LogP contribution in [-0.2, 0) is 11.8 Å². The van der Waals surface area contributed by atoms with Gasteiger partial charge in [0.1, 0.15) is 5.82 Å². The lowest BCUT2D eigenvalue weighted by Crippen LogP contribution is -2.33. The molecule has 2 aromatic carbocycles. The number of rotatable bonds is 9. The zero-order chi connectivity index (χ0) is 25.7. The van der Waals surface area contributed by atoms with E-state index in [9.17, 15) is 24.1 Å². The van der Waals surface area contributed by atoms with Crippen LogP contribution in [0.5, 0.6) is 0 Å². The number of thioether (sulfide) groups is 1. The highest BCUT2D eigenvalue weighted by molar-refractivity contribution is 7.99. The molecule has 2 amide bonds. The number of carbonyl (C=O) groups is 2. The van der Waals surface area contributed by atoms with E-state index in [0.717, 1.165) is 11.8 Å². The first-order valence-corrected chi connectivity index (χ1v) is 11.7. The lowest BCUT2D eigenvalue weighted by atomic mass is 10.0. The fourth-order valence-electron chi connectivity index (χ4n) is 3.30. The van der Waals surface area contributed by atoms with E-state index in [1.165, 1.54) is 36.4 Å². The highest BCUT2D eigenvalue weighted by Gasteiger charge is 2.26. The second kappa shape index (κ2) is 11.1. The summed E-state index contributed by atoms with van der Waals surface area (Å²) in [6.07, 6.45) is 0. The molecule has 0 unspecified atom stereocenters. The Bertz CT molecular complexity index is 1260. The number of anilines is 1. The van der Waals surface area contributed by atoms with Crippen molar-refractivity contribution in [1.82, 2.24) is 20.1 Å². The predicted molar refractivity (Wildman–Crippen MR) is 130 cm³/mol. The molecule has 1 heterocycles. The van der Waals surface area contributed by atoms with Gasteiger partial charge in [0.05, 0.1) is 16.7 Å². The molecule has 1 aromatic heterocycles. The third kappa shape index (κ3) is 6.21. The fraction of sp³-hybridized carbons (Fsp3) is 0.304. The predicted octanol–water partition coefficient (Wildman–Crippen LogP) is 4.03. The monoisotopic (exact) mass is 500 g/mol. The molecule has 0 bridgehead atoms. The van der Waals surface area contributed by atoms with Crippen LogP contribution in [-0.4, -0.2) is 37.3 Å². The second-order valence-electron chi connectivity index (χ2n) is 8.15. The Morgan fingerprint density at radius 2 is 1.91 bits per heavy atom. The summed E-state index contributed by atoms with van der Waals surface area (Å²) in [5.41, 5.74) is 0.734. The summed E-state index contributed by atoms with van der Waals surface area (Å²) in [5, 5.41) is 25.4. The number of aromatic nitrogens is 3. The highest BCUT2D eigenvalue weighted by atomic mass is 32.2. The van der Waals surface area contributed by atoms with E-state index in [2.05, 4.69) is 20.8 Å². The van der Waals surface area contributed by atoms with E-state index in [-0.39, 0.29) is 28.8 Å². The molecule has 3 aromatic rings. The molecule has 0 saturated heterocycles. The van der Waals surface area contributed by atoms with Crippen molar-refractivity contribution in [2.75, 3.05) is 11.1 Å². The topological polar surface area (TPSA) is 132 Å². The molecule has 10 nitrogen and oxygen atoms in total. The molecule has 1 atom stereocenters. The number of hydrogen-bond donors (Lipinski definition) is 2. The number of hydrogen-bond acceptors (Lipinski definition) is 7. The van der Waals surface area contributed by atoms with Crippen molar-refractivity contribution in [3.8, 4) is 0 Å². The van der Waals surface area contributed by atoms with Crippen molar-refractivity contribution < 1.29 is 18.9 Å². The second-order valence-corrected chi connectivity index (χ2v) is 9.09. The smallest absolute Gasteiger partial charge is 0.270 e. The van der Waals surface area contributed by atoms with Crippen LogP contribution in [0.15, 0.2) is 47.6 Å². The number of halogens is 1. The third-order valence-corrected chi connectivity index (χ3v) is 6.31. The van der Waals surface area contributed by atoms with Crippen molar-refractivity contribution in [3.05, 3.63) is 75.3 Å². The van der Waals surface area contributed by atoms with E-state index < -0.39 is 22.7 Å². The summed E-state index contributed by atoms with van der Waals surface area (Å²) in [7, 11) is 1.72. The van der Waals surface area contributed by atoms with Crippen LogP contribution in [0.3, 0.4) is 0 Å². The lowest BCUT2D eigenvalue weighted by molar-refractivity contribution is -0.384. The van der Waals surface area contributed by atoms with Gasteiger partial charge in [-0.15, -0.1) is 10.2 Å². The SMILES string of the molecule is Cc1c(F)cccc1NC(=O)CSc1nnc([C@H](NC(=O)c2cccc([N+](=O)[O-])c2)C(C)C)n1C. The molecule has 2 N–H and O–H groups in total. The van der Waals surface area contributed by atoms with Gasteiger partial charge < -0.3 is 15.2 Å². The molecular formula is C23H25FN6O4S. The third-order valence-electron chi connectivity index (χ3n) is 5.29. The van der Waals surface area contributed by atoms with Crippen molar-refractivity contribution in [2.24, 2.45) is 13.0 Å². The Morgan fingerprint density at radius 1 is 1.20 bits per heavy atom. The van der Waals surface area contributed by atoms with Crippen LogP contribution in [0.4, 0.5) is 15.8 Å². The van der Waals surface area contributed by atoms with Gasteiger partial charge in [-0.1, -0.05) is 37.7 Å². The van der Waals surface area contributed by atoms with Crippen LogP contribution in [0, 0.1) is 28.8 Å². The highest BCUT2D eigenvalue weighted by Crippen LogP contribution is 2.25. The minimum Gasteiger partial charge on any atom is -0.342 e. The zero-order valence-electron chi connectivity index (χ0n) is 19.6. The molecule has 0 aliphatic rings. The summed E-state index contributed by atoms with van der Waals surface area (Å²) in [6.45, 7) is 5.38. The average molecular weight is 501 g/mol. The van der Waals surface area contributed by atoms with E-state index in [4.69, 9.17) is 0 Å². The largest absolute Gasteiger partial charge is 0.342 e. The maximum absolute atomic E-state index is 13.7. The van der Waals surface area contributed by atoms with Crippen LogP contribution in [0.25, 0.3) is 0 Å². The number of benzene rings is 2. The maximum Gasteiger partial charge on any atom is 0.270 e. The van der Waals surface area contributed by atoms with Gasteiger partial charge >= 0.3 is 0 Å². The average Bonchev–Trinajstić information content (AvgIpc) is 3.18. The van der Waals surface area contributed by atoms with Gasteiger partial charge in [-0.2, -0.15) is 0 Å². The molecule has 0 radical (unpaired) electrons. The van der Waals surface area contributed by atoms with Crippen molar-refractivity contribution >= 4 is 35.0 Å². The summed E-state index contributed by atoms with van der Waals surface area (Å²) in [4.78, 5) is 35.6. The van der Waals surface area contributed by atoms with Crippen LogP contribution >= 0.6 is 11.8 Å². The summed E-state index contributed by atoms with van der Waals surface area (Å²) >= 11 is 1.15. The molecule has 0 aliphatic heterocycles. The molecule has 3 rings (SSSR count). The van der Waals surface area contributed by atoms with Gasteiger partial charge in [-0.25, -0.2) is 4.39 Å². The Balaban J connectivity index is 1.69. The standard InChI is InChI=1S/C23H25FN6O4S/c1-13(2)20(26-22(32)15-7-5-8-16(11-15)30(33)34)21-27-28-23(29(21)4)35-12-19(31)25-18-10-6-9-17(24)14(18)3/h5-11,13,20H,12H2,1-4H3,(H,25,31)(H,26,32)/t20-/m1/s1. The number of nitro benzene ring substituents is 1. The minimum absolute atomic E-state index is 0.0221. The Kier molecular flexibility index (Phi) is 8.18. The minimum atomic E-state index is -0.561. The van der Waals surface area contributed by atoms with Crippen LogP contribution < -0.4 is 10.6 Å². The van der Waals surface area contributed by atoms with E-state index >= 15 is 0 Å². The van der Waals surface area contributed by atoms with Gasteiger partial charge in [0.15, 0.2) is 11.0 Å². The number of amides is 2. The molecule has 0 aliphatic carbocycles. The number of non-ortho nitro benzene ring substituents is 1. The number of nitrogens with zero attached hydrogens (tertiary/aromatic N) is 4. The van der Waals surface area contributed by atoms with E-state index in [1.807, 2.05) is 13.8 Å². The van der Waals surface area contributed by atoms with Gasteiger partial charge in [-0.05, 0) is 31.0 Å². The van der Waals surface area contributed by atoms with Gasteiger partial charge in [0.2, 0.25) is 5.91 Å². The first-order valence-electron chi connectivity index (χ1n) is 10.7. The van der Waals surface area contributed by atoms with Gasteiger partial charge in [0, 0.05) is 36.0 Å². The molecule has 35 heavy (non-hydrogen) atoms. The number of nitro groups is 1. The normalized spacial score (nSPS) is 11.8. The fourth-order valence-corrected chi connectivity index (χ4v) is 4.01. The van der Waals surface area contributed by atoms with Gasteiger partial charge in [-0.3, -0.25) is 19.7 Å². The first kappa shape index (κ1) is 25.8. The summed E-state index contributed by atoms with van der Waals surface area (Å²) in [6, 6.07) is 9.41. The molecule has 184 valence electrons. The summed E-state index contributed by atoms with van der Waals surface area (Å²) in [5.74, 6) is -0.781. The van der Waals surface area contributed by atoms with Gasteiger partial charge in [0.25, 0.3) is 11.6 Å². The van der Waals surface area contributed by atoms with Crippen LogP contribution in [0.2, 0.25) is 0 Å². The number of carbonyl (C=O) groups excluding carboxylic acids is 2. The lowest BCUT2D eigenvalue weighted by Gasteiger charge is -2.21. The molecular weight excluding hydrogens is 475 g/mol. The zero-order valence-corrected chi connectivity index (χ0v) is 20.4. The quantitative estimate of drug-likeness (QED) is 0.258. The van der Waals surface area contributed by atoms with E-state index in [1.54, 1.807) is 24.6 Å². The molecule has 0 saturated carbocycles. The van der Waals surface area contributed by atoms with Crippen LogP contribution in [0.1, 0.15) is 41.6 Å². The Labute approximate surface area is 205 Å².